The minimum Gasteiger partial charge on any atom is -0.179 e. The molecule has 0 aliphatic heterocycles. The van der Waals surface area contributed by atoms with Crippen LogP contribution in [0.15, 0.2) is 0 Å². The van der Waals surface area contributed by atoms with Gasteiger partial charge < -0.3 is 0 Å². The van der Waals surface area contributed by atoms with Crippen LogP contribution in [0, 0.1) is 0 Å². The van der Waals surface area contributed by atoms with Crippen LogP contribution in [0.25, 0.3) is 0 Å². The van der Waals surface area contributed by atoms with E-state index in [-0.39, 0.29) is 28.2 Å². The fraction of sp³-hybridized carbons (Fsp3) is 1.00. The molecule has 12 heteroatoms. The molecule has 0 amide bonds. The molecule has 0 rings (SSSR count). The zero-order valence-corrected chi connectivity index (χ0v) is 22.6. The van der Waals surface area contributed by atoms with Gasteiger partial charge in [0.05, 0.1) is 22.9 Å². The van der Waals surface area contributed by atoms with Crippen LogP contribution < -0.4 is 0 Å². The normalized spacial score (nSPS) is 19.8. The van der Waals surface area contributed by atoms with Crippen LogP contribution >= 0.6 is 148 Å². The third kappa shape index (κ3) is 13.1. The van der Waals surface area contributed by atoms with Gasteiger partial charge in [0.2, 0.25) is 0 Å². The standard InChI is InChI=1S/C11H24S12/c12-1-3-20-8(16)10(18)22-6(5-14)7(15)23-11(19)9(17)21-4-2-13/h6-19H,1-5H2. The Bertz CT molecular complexity index is 280. The molecular formula is C11H24S12. The van der Waals surface area contributed by atoms with Gasteiger partial charge in [-0.1, -0.05) is 0 Å². The van der Waals surface area contributed by atoms with Gasteiger partial charge in [-0.25, -0.2) is 0 Å². The van der Waals surface area contributed by atoms with Gasteiger partial charge >= 0.3 is 0 Å². The summed E-state index contributed by atoms with van der Waals surface area (Å²) in [5.41, 5.74) is 0. The lowest BCUT2D eigenvalue weighted by atomic mass is 10.5. The summed E-state index contributed by atoms with van der Waals surface area (Å²) >= 11 is 43.3. The van der Waals surface area contributed by atoms with Crippen molar-refractivity contribution < 1.29 is 0 Å². The molecule has 23 heavy (non-hydrogen) atoms. The molecule has 0 aromatic rings. The lowest BCUT2D eigenvalue weighted by Gasteiger charge is -2.28. The second kappa shape index (κ2) is 17.1. The quantitative estimate of drug-likeness (QED) is 0.110. The number of thioether (sulfide) groups is 4. The lowest BCUT2D eigenvalue weighted by molar-refractivity contribution is 1.09. The highest BCUT2D eigenvalue weighted by Gasteiger charge is 2.27. The summed E-state index contributed by atoms with van der Waals surface area (Å²) < 4.78 is 0.679. The van der Waals surface area contributed by atoms with Crippen LogP contribution in [0.4, 0.5) is 0 Å². The van der Waals surface area contributed by atoms with Crippen LogP contribution in [0.3, 0.4) is 0 Å². The SMILES string of the molecule is SCCSC(S)C(S)SC(S)C(CS)SC(S)C(S)SCCS. The van der Waals surface area contributed by atoms with Crippen molar-refractivity contribution in [1.29, 1.82) is 0 Å². The summed E-state index contributed by atoms with van der Waals surface area (Å²) in [5.74, 6) is 4.38. The summed E-state index contributed by atoms with van der Waals surface area (Å²) in [7, 11) is 0. The van der Waals surface area contributed by atoms with Crippen LogP contribution in [-0.2, 0) is 0 Å². The van der Waals surface area contributed by atoms with Crippen molar-refractivity contribution in [2.45, 2.75) is 28.2 Å². The monoisotopic (exact) mass is 540 g/mol. The fourth-order valence-electron chi connectivity index (χ4n) is 1.26. The Morgan fingerprint density at radius 2 is 1.00 bits per heavy atom. The van der Waals surface area contributed by atoms with Gasteiger partial charge in [-0.05, 0) is 11.5 Å². The van der Waals surface area contributed by atoms with E-state index in [1.54, 1.807) is 47.0 Å². The van der Waals surface area contributed by atoms with E-state index in [1.165, 1.54) is 0 Å². The third-order valence-corrected chi connectivity index (χ3v) is 14.2. The zero-order valence-electron chi connectivity index (χ0n) is 12.2. The second-order valence-corrected chi connectivity index (χ2v) is 15.1. The van der Waals surface area contributed by atoms with Crippen LogP contribution in [-0.4, -0.2) is 56.9 Å². The van der Waals surface area contributed by atoms with Crippen molar-refractivity contribution in [3.8, 4) is 0 Å². The maximum Gasteiger partial charge on any atom is 0.0691 e. The molecule has 0 heterocycles. The second-order valence-electron chi connectivity index (χ2n) is 4.13. The molecule has 0 radical (unpaired) electrons. The molecule has 0 saturated carbocycles. The molecule has 6 unspecified atom stereocenters. The first-order valence-corrected chi connectivity index (χ1v) is 15.1. The molecule has 0 nitrogen and oxygen atoms in total. The smallest absolute Gasteiger partial charge is 0.0691 e. The topological polar surface area (TPSA) is 0 Å². The van der Waals surface area contributed by atoms with Gasteiger partial charge in [0.1, 0.15) is 0 Å². The van der Waals surface area contributed by atoms with E-state index in [0.717, 1.165) is 28.8 Å². The van der Waals surface area contributed by atoms with E-state index in [0.29, 0.717) is 0 Å². The summed E-state index contributed by atoms with van der Waals surface area (Å²) in [5, 5.41) is 0.269. The average molecular weight is 541 g/mol. The Morgan fingerprint density at radius 3 is 1.39 bits per heavy atom. The molecule has 0 aliphatic rings. The Labute approximate surface area is 202 Å². The lowest BCUT2D eigenvalue weighted by Crippen LogP contribution is -2.24. The van der Waals surface area contributed by atoms with Crippen LogP contribution in [0.5, 0.6) is 0 Å². The van der Waals surface area contributed by atoms with Crippen molar-refractivity contribution in [2.75, 3.05) is 28.8 Å². The number of thiol groups is 8. The Balaban J connectivity index is 4.36. The van der Waals surface area contributed by atoms with E-state index in [1.807, 2.05) is 0 Å². The maximum atomic E-state index is 4.75. The fourth-order valence-corrected chi connectivity index (χ4v) is 9.77. The van der Waals surface area contributed by atoms with Crippen LogP contribution in [0.2, 0.25) is 0 Å². The number of hydrogen-bond acceptors (Lipinski definition) is 12. The highest BCUT2D eigenvalue weighted by Crippen LogP contribution is 2.41. The highest BCUT2D eigenvalue weighted by molar-refractivity contribution is 8.22. The Kier molecular flexibility index (Phi) is 20.2. The van der Waals surface area contributed by atoms with Gasteiger partial charge in [-0.3, -0.25) is 0 Å². The predicted octanol–water partition coefficient (Wildman–Crippen LogP) is 5.36. The van der Waals surface area contributed by atoms with E-state index < -0.39 is 0 Å². The van der Waals surface area contributed by atoms with E-state index in [4.69, 9.17) is 12.6 Å². The summed E-state index contributed by atoms with van der Waals surface area (Å²) in [6.07, 6.45) is 0. The average Bonchev–Trinajstić information content (AvgIpc) is 2.54. The molecule has 6 atom stereocenters. The molecule has 0 aromatic heterocycles. The number of hydrogen-bond donors (Lipinski definition) is 8. The van der Waals surface area contributed by atoms with Crippen molar-refractivity contribution in [3.63, 3.8) is 0 Å². The molecule has 0 fully saturated rings. The molecule has 0 aliphatic carbocycles. The first-order valence-electron chi connectivity index (χ1n) is 6.64. The Hall–Kier alpha value is 4.20. The summed E-state index contributed by atoms with van der Waals surface area (Å²) in [6.45, 7) is 0. The van der Waals surface area contributed by atoms with E-state index in [2.05, 4.69) is 88.4 Å². The minimum atomic E-state index is 0.109. The van der Waals surface area contributed by atoms with Crippen molar-refractivity contribution in [3.05, 3.63) is 0 Å². The van der Waals surface area contributed by atoms with Gasteiger partial charge in [0, 0.05) is 22.5 Å². The first-order chi connectivity index (χ1) is 10.9. The van der Waals surface area contributed by atoms with Gasteiger partial charge in [-0.15, -0.1) is 47.0 Å². The minimum absolute atomic E-state index is 0.109. The molecule has 0 N–H and O–H groups in total. The molecule has 0 bridgehead atoms. The van der Waals surface area contributed by atoms with Crippen molar-refractivity contribution in [2.24, 2.45) is 0 Å². The van der Waals surface area contributed by atoms with Gasteiger partial charge in [0.15, 0.2) is 0 Å². The molecule has 0 spiro atoms. The first kappa shape index (κ1) is 27.2. The van der Waals surface area contributed by atoms with E-state index >= 15 is 0 Å². The largest absolute Gasteiger partial charge is 0.179 e. The summed E-state index contributed by atoms with van der Waals surface area (Å²) in [6, 6.07) is 0. The van der Waals surface area contributed by atoms with Crippen LogP contribution in [0.1, 0.15) is 0 Å². The molecule has 0 saturated heterocycles. The van der Waals surface area contributed by atoms with Gasteiger partial charge in [0.25, 0.3) is 0 Å². The highest BCUT2D eigenvalue weighted by atomic mass is 32.2. The molecule has 140 valence electrons. The number of rotatable bonds is 14. The van der Waals surface area contributed by atoms with E-state index in [9.17, 15) is 0 Å². The maximum absolute atomic E-state index is 4.75. The van der Waals surface area contributed by atoms with Gasteiger partial charge in [-0.2, -0.15) is 101 Å². The zero-order chi connectivity index (χ0) is 17.8. The third-order valence-electron chi connectivity index (χ3n) is 2.34. The molecular weight excluding hydrogens is 517 g/mol. The predicted molar refractivity (Wildman–Crippen MR) is 149 cm³/mol. The molecule has 0 aromatic carbocycles. The Morgan fingerprint density at radius 1 is 0.565 bits per heavy atom. The van der Waals surface area contributed by atoms with Crippen molar-refractivity contribution >= 4 is 148 Å². The van der Waals surface area contributed by atoms with Crippen molar-refractivity contribution in [1.82, 2.24) is 0 Å². The summed E-state index contributed by atoms with van der Waals surface area (Å²) in [4.78, 5) is 0.